The van der Waals surface area contributed by atoms with Crippen molar-refractivity contribution in [2.75, 3.05) is 16.9 Å². The number of hydrazone groups is 1. The predicted octanol–water partition coefficient (Wildman–Crippen LogP) is 1.90. The fourth-order valence-corrected chi connectivity index (χ4v) is 2.80. The Morgan fingerprint density at radius 2 is 2.10 bits per heavy atom. The van der Waals surface area contributed by atoms with Gasteiger partial charge in [-0.2, -0.15) is 15.6 Å². The molecule has 1 amide bonds. The molecule has 0 atom stereocenters. The number of nitriles is 2. The molecule has 1 saturated carbocycles. The Morgan fingerprint density at radius 3 is 2.67 bits per heavy atom. The number of rotatable bonds is 2. The average molecular weight is 279 g/mol. The van der Waals surface area contributed by atoms with Crippen LogP contribution in [-0.2, 0) is 10.2 Å². The summed E-state index contributed by atoms with van der Waals surface area (Å²) in [5, 5.41) is 21.0. The van der Waals surface area contributed by atoms with E-state index in [0.717, 1.165) is 25.1 Å². The molecule has 6 nitrogen and oxygen atoms in total. The van der Waals surface area contributed by atoms with Crippen LogP contribution >= 0.6 is 0 Å². The van der Waals surface area contributed by atoms with Gasteiger partial charge < -0.3 is 4.90 Å². The third kappa shape index (κ3) is 2.11. The quantitative estimate of drug-likeness (QED) is 0.661. The molecule has 1 aliphatic carbocycles. The first-order valence-electron chi connectivity index (χ1n) is 6.66. The Hall–Kier alpha value is -2.86. The van der Waals surface area contributed by atoms with Crippen LogP contribution in [0.25, 0.3) is 0 Å². The van der Waals surface area contributed by atoms with Crippen LogP contribution in [0.4, 0.5) is 11.4 Å². The molecule has 0 bridgehead atoms. The summed E-state index contributed by atoms with van der Waals surface area (Å²) >= 11 is 0. The van der Waals surface area contributed by atoms with Crippen LogP contribution in [0, 0.1) is 22.7 Å². The molecule has 1 aliphatic heterocycles. The summed E-state index contributed by atoms with van der Waals surface area (Å²) in [4.78, 5) is 13.6. The lowest BCUT2D eigenvalue weighted by molar-refractivity contribution is -0.116. The standard InChI is InChI=1S/C15H13N5O/c1-10(21)20-9-15(4-5-15)13-3-2-11(6-14(13)20)18-19-12(7-16)8-17/h2-3,6,18H,4-5,9H2,1H3. The number of amides is 1. The van der Waals surface area contributed by atoms with Crippen LogP contribution in [0.1, 0.15) is 25.3 Å². The van der Waals surface area contributed by atoms with Gasteiger partial charge in [0.25, 0.3) is 0 Å². The molecule has 21 heavy (non-hydrogen) atoms. The molecule has 1 spiro atoms. The molecular formula is C15H13N5O. The van der Waals surface area contributed by atoms with Gasteiger partial charge in [-0.3, -0.25) is 10.2 Å². The number of benzene rings is 1. The van der Waals surface area contributed by atoms with Gasteiger partial charge >= 0.3 is 0 Å². The first kappa shape index (κ1) is 13.1. The normalized spacial score (nSPS) is 16.6. The van der Waals surface area contributed by atoms with Gasteiger partial charge in [-0.15, -0.1) is 0 Å². The molecular weight excluding hydrogens is 266 g/mol. The maximum atomic E-state index is 11.8. The maximum absolute atomic E-state index is 11.8. The highest BCUT2D eigenvalue weighted by Crippen LogP contribution is 2.56. The Labute approximate surface area is 122 Å². The van der Waals surface area contributed by atoms with Crippen molar-refractivity contribution in [2.45, 2.75) is 25.2 Å². The van der Waals surface area contributed by atoms with E-state index in [4.69, 9.17) is 10.5 Å². The molecule has 1 aromatic carbocycles. The molecule has 2 aliphatic rings. The predicted molar refractivity (Wildman–Crippen MR) is 77.7 cm³/mol. The third-order valence-corrected chi connectivity index (χ3v) is 4.06. The van der Waals surface area contributed by atoms with E-state index in [1.54, 1.807) is 24.0 Å². The second-order valence-corrected chi connectivity index (χ2v) is 5.41. The summed E-state index contributed by atoms with van der Waals surface area (Å²) in [7, 11) is 0. The van der Waals surface area contributed by atoms with E-state index in [1.807, 2.05) is 18.2 Å². The highest BCUT2D eigenvalue weighted by Gasteiger charge is 2.52. The second-order valence-electron chi connectivity index (χ2n) is 5.41. The van der Waals surface area contributed by atoms with E-state index in [9.17, 15) is 4.79 Å². The molecule has 6 heteroatoms. The summed E-state index contributed by atoms with van der Waals surface area (Å²) < 4.78 is 0. The number of nitrogens with zero attached hydrogens (tertiary/aromatic N) is 4. The van der Waals surface area contributed by atoms with Crippen molar-refractivity contribution in [3.63, 3.8) is 0 Å². The second kappa shape index (κ2) is 4.60. The fraction of sp³-hybridized carbons (Fsp3) is 0.333. The topological polar surface area (TPSA) is 92.3 Å². The third-order valence-electron chi connectivity index (χ3n) is 4.06. The Balaban J connectivity index is 1.93. The first-order valence-corrected chi connectivity index (χ1v) is 6.66. The van der Waals surface area contributed by atoms with Crippen molar-refractivity contribution in [1.29, 1.82) is 10.5 Å². The monoisotopic (exact) mass is 279 g/mol. The van der Waals surface area contributed by atoms with Crippen molar-refractivity contribution in [1.82, 2.24) is 0 Å². The van der Waals surface area contributed by atoms with Crippen LogP contribution in [0.5, 0.6) is 0 Å². The smallest absolute Gasteiger partial charge is 0.237 e. The van der Waals surface area contributed by atoms with E-state index in [1.165, 1.54) is 5.56 Å². The van der Waals surface area contributed by atoms with Crippen molar-refractivity contribution in [3.05, 3.63) is 23.8 Å². The van der Waals surface area contributed by atoms with Gasteiger partial charge in [0, 0.05) is 24.6 Å². The van der Waals surface area contributed by atoms with E-state index >= 15 is 0 Å². The van der Waals surface area contributed by atoms with Gasteiger partial charge in [0.05, 0.1) is 5.69 Å². The molecule has 1 fully saturated rings. The Kier molecular flexibility index (Phi) is 2.88. The van der Waals surface area contributed by atoms with Crippen molar-refractivity contribution in [3.8, 4) is 12.1 Å². The number of carbonyl (C=O) groups is 1. The number of anilines is 2. The van der Waals surface area contributed by atoms with Crippen molar-refractivity contribution in [2.24, 2.45) is 5.10 Å². The van der Waals surface area contributed by atoms with Gasteiger partial charge in [0.15, 0.2) is 0 Å². The van der Waals surface area contributed by atoms with Gasteiger partial charge in [-0.1, -0.05) is 6.07 Å². The first-order chi connectivity index (χ1) is 10.1. The largest absolute Gasteiger partial charge is 0.311 e. The SMILES string of the molecule is CC(=O)N1CC2(CC2)c2ccc(NN=C(C#N)C#N)cc21. The van der Waals surface area contributed by atoms with Crippen LogP contribution in [0.2, 0.25) is 0 Å². The molecule has 1 N–H and O–H groups in total. The lowest BCUT2D eigenvalue weighted by atomic mass is 9.98. The van der Waals surface area contributed by atoms with Gasteiger partial charge in [-0.05, 0) is 30.5 Å². The zero-order valence-electron chi connectivity index (χ0n) is 11.6. The van der Waals surface area contributed by atoms with Gasteiger partial charge in [0.1, 0.15) is 12.1 Å². The zero-order valence-corrected chi connectivity index (χ0v) is 11.6. The molecule has 0 aromatic heterocycles. The summed E-state index contributed by atoms with van der Waals surface area (Å²) in [6.07, 6.45) is 2.23. The number of carbonyl (C=O) groups excluding carboxylic acids is 1. The summed E-state index contributed by atoms with van der Waals surface area (Å²) in [5.41, 5.74) is 5.35. The van der Waals surface area contributed by atoms with E-state index < -0.39 is 0 Å². The van der Waals surface area contributed by atoms with Crippen LogP contribution < -0.4 is 10.3 Å². The maximum Gasteiger partial charge on any atom is 0.237 e. The molecule has 3 rings (SSSR count). The minimum Gasteiger partial charge on any atom is -0.311 e. The van der Waals surface area contributed by atoms with Crippen molar-refractivity contribution < 1.29 is 4.79 Å². The van der Waals surface area contributed by atoms with Gasteiger partial charge in [0.2, 0.25) is 11.6 Å². The lowest BCUT2D eigenvalue weighted by Gasteiger charge is -2.15. The van der Waals surface area contributed by atoms with E-state index in [-0.39, 0.29) is 17.0 Å². The van der Waals surface area contributed by atoms with Crippen LogP contribution in [-0.4, -0.2) is 18.2 Å². The average Bonchev–Trinajstić information content (AvgIpc) is 3.18. The highest BCUT2D eigenvalue weighted by molar-refractivity contribution is 6.10. The number of hydrogen-bond donors (Lipinski definition) is 1. The molecule has 1 heterocycles. The van der Waals surface area contributed by atoms with Crippen LogP contribution in [0.3, 0.4) is 0 Å². The summed E-state index contributed by atoms with van der Waals surface area (Å²) in [5.74, 6) is 0.0235. The summed E-state index contributed by atoms with van der Waals surface area (Å²) in [6.45, 7) is 2.30. The fourth-order valence-electron chi connectivity index (χ4n) is 2.80. The highest BCUT2D eigenvalue weighted by atomic mass is 16.2. The number of nitrogens with one attached hydrogen (secondary N) is 1. The Bertz CT molecular complexity index is 717. The number of fused-ring (bicyclic) bond motifs is 2. The summed E-state index contributed by atoms with van der Waals surface area (Å²) in [6, 6.07) is 9.08. The molecule has 104 valence electrons. The Morgan fingerprint density at radius 1 is 1.38 bits per heavy atom. The molecule has 0 unspecified atom stereocenters. The molecule has 0 saturated heterocycles. The van der Waals surface area contributed by atoms with E-state index in [0.29, 0.717) is 5.69 Å². The van der Waals surface area contributed by atoms with Gasteiger partial charge in [-0.25, -0.2) is 0 Å². The minimum atomic E-state index is -0.238. The molecule has 0 radical (unpaired) electrons. The zero-order chi connectivity index (χ0) is 15.0. The van der Waals surface area contributed by atoms with Crippen LogP contribution in [0.15, 0.2) is 23.3 Å². The van der Waals surface area contributed by atoms with Crippen molar-refractivity contribution >= 4 is 23.0 Å². The minimum absolute atomic E-state index is 0.0235. The number of hydrogen-bond acceptors (Lipinski definition) is 5. The van der Waals surface area contributed by atoms with E-state index in [2.05, 4.69) is 10.5 Å². The lowest BCUT2D eigenvalue weighted by Crippen LogP contribution is -2.28. The molecule has 1 aromatic rings.